The maximum absolute atomic E-state index is 13.3. The van der Waals surface area contributed by atoms with Gasteiger partial charge in [-0.3, -0.25) is 19.8 Å². The normalized spacial score (nSPS) is 36.9. The lowest BCUT2D eigenvalue weighted by molar-refractivity contribution is -0.132. The van der Waals surface area contributed by atoms with E-state index in [4.69, 9.17) is 14.5 Å². The number of ether oxygens (including phenoxy) is 2. The van der Waals surface area contributed by atoms with Crippen molar-refractivity contribution >= 4 is 24.0 Å². The fourth-order valence-electron chi connectivity index (χ4n) is 5.26. The highest BCUT2D eigenvalue weighted by Crippen LogP contribution is 2.37. The van der Waals surface area contributed by atoms with Crippen LogP contribution in [0.5, 0.6) is 0 Å². The van der Waals surface area contributed by atoms with Gasteiger partial charge in [-0.05, 0) is 39.5 Å². The van der Waals surface area contributed by atoms with Gasteiger partial charge >= 0.3 is 0 Å². The number of amides is 1. The fourth-order valence-corrected chi connectivity index (χ4v) is 5.26. The van der Waals surface area contributed by atoms with E-state index in [1.165, 1.54) is 0 Å². The monoisotopic (exact) mass is 442 g/mol. The summed E-state index contributed by atoms with van der Waals surface area (Å²) < 4.78 is 11.3. The van der Waals surface area contributed by atoms with Crippen LogP contribution >= 0.6 is 0 Å². The van der Waals surface area contributed by atoms with Crippen LogP contribution in [0.3, 0.4) is 0 Å². The Balaban J connectivity index is 1.48. The molecule has 0 bridgehead atoms. The molecule has 0 saturated carbocycles. The van der Waals surface area contributed by atoms with Gasteiger partial charge < -0.3 is 14.4 Å². The van der Waals surface area contributed by atoms with E-state index in [0.29, 0.717) is 19.7 Å². The number of hydrogen-bond donors (Lipinski definition) is 0. The molecule has 0 aliphatic carbocycles. The molecule has 0 aromatic heterocycles. The Morgan fingerprint density at radius 1 is 1.31 bits per heavy atom. The largest absolute Gasteiger partial charge is 0.377 e. The summed E-state index contributed by atoms with van der Waals surface area (Å²) in [5, 5.41) is 15.6. The number of likely N-dealkylation sites (tertiary alicyclic amines) is 1. The van der Waals surface area contributed by atoms with E-state index >= 15 is 0 Å². The maximum Gasteiger partial charge on any atom is 0.232 e. The van der Waals surface area contributed by atoms with Gasteiger partial charge in [0.2, 0.25) is 5.91 Å². The molecule has 7 atom stereocenters. The maximum atomic E-state index is 13.3. The summed E-state index contributed by atoms with van der Waals surface area (Å²) in [5.41, 5.74) is 0.272. The first-order valence-corrected chi connectivity index (χ1v) is 11.6. The molecule has 0 N–H and O–H groups in total. The molecule has 0 aromatic rings. The summed E-state index contributed by atoms with van der Waals surface area (Å²) in [6.45, 7) is 9.45. The molecule has 0 radical (unpaired) electrons. The molecule has 1 saturated heterocycles. The molecule has 1 amide bonds. The standard InChI is InChI=1S/C23H34N6O3/c1-6-32-21-19(31-5)8-15(9-25-21)17-7-14(2)20-18(27-17)12-28(22(20)30)16-10-26-29(11-16)23(3,4)13-24/h9-10,14-17,19-21H,6-8,11-12H2,1-5H3. The number of rotatable bonds is 6. The highest BCUT2D eigenvalue weighted by atomic mass is 16.5. The van der Waals surface area contributed by atoms with E-state index in [2.05, 4.69) is 23.1 Å². The van der Waals surface area contributed by atoms with E-state index < -0.39 is 5.54 Å². The molecule has 4 aliphatic rings. The first-order valence-electron chi connectivity index (χ1n) is 11.6. The predicted octanol–water partition coefficient (Wildman–Crippen LogP) is 1.73. The Labute approximate surface area is 190 Å². The summed E-state index contributed by atoms with van der Waals surface area (Å²) in [6.07, 6.45) is 5.11. The van der Waals surface area contributed by atoms with Crippen LogP contribution in [0.2, 0.25) is 0 Å². The molecule has 9 nitrogen and oxygen atoms in total. The Kier molecular flexibility index (Phi) is 6.37. The van der Waals surface area contributed by atoms with Gasteiger partial charge in [0, 0.05) is 37.8 Å². The Hall–Kier alpha value is -2.31. The Bertz CT molecular complexity index is 862. The minimum Gasteiger partial charge on any atom is -0.377 e. The van der Waals surface area contributed by atoms with Crippen molar-refractivity contribution in [2.75, 3.05) is 26.8 Å². The second kappa shape index (κ2) is 8.91. The number of fused-ring (bicyclic) bond motifs is 1. The Morgan fingerprint density at radius 2 is 2.09 bits per heavy atom. The zero-order valence-corrected chi connectivity index (χ0v) is 19.6. The van der Waals surface area contributed by atoms with Gasteiger partial charge in [0.1, 0.15) is 11.6 Å². The van der Waals surface area contributed by atoms with Crippen molar-refractivity contribution in [1.29, 1.82) is 5.26 Å². The van der Waals surface area contributed by atoms with E-state index in [1.807, 2.05) is 31.9 Å². The van der Waals surface area contributed by atoms with Crippen molar-refractivity contribution in [2.24, 2.45) is 32.8 Å². The highest BCUT2D eigenvalue weighted by Gasteiger charge is 2.48. The zero-order chi connectivity index (χ0) is 23.0. The van der Waals surface area contributed by atoms with E-state index in [0.717, 1.165) is 18.6 Å². The number of methoxy groups -OCH3 is 1. The van der Waals surface area contributed by atoms with Crippen LogP contribution in [-0.2, 0) is 14.3 Å². The lowest BCUT2D eigenvalue weighted by Crippen LogP contribution is -2.46. The minimum atomic E-state index is -0.700. The molecular formula is C23H34N6O3. The number of carbonyl (C=O) groups excluding carboxylic acids is 1. The number of hydrogen-bond acceptors (Lipinski definition) is 8. The van der Waals surface area contributed by atoms with Gasteiger partial charge in [0.25, 0.3) is 0 Å². The predicted molar refractivity (Wildman–Crippen MR) is 122 cm³/mol. The van der Waals surface area contributed by atoms with Crippen LogP contribution in [0.1, 0.15) is 40.5 Å². The van der Waals surface area contributed by atoms with Crippen LogP contribution in [-0.4, -0.2) is 90.7 Å². The lowest BCUT2D eigenvalue weighted by Gasteiger charge is -2.36. The topological polar surface area (TPSA) is 103 Å². The van der Waals surface area contributed by atoms with Crippen molar-refractivity contribution < 1.29 is 14.3 Å². The van der Waals surface area contributed by atoms with Crippen molar-refractivity contribution in [3.05, 3.63) is 0 Å². The average molecular weight is 443 g/mol. The van der Waals surface area contributed by atoms with Crippen molar-refractivity contribution in [3.8, 4) is 6.07 Å². The lowest BCUT2D eigenvalue weighted by atomic mass is 9.78. The molecule has 4 aliphatic heterocycles. The third-order valence-electron chi connectivity index (χ3n) is 7.19. The van der Waals surface area contributed by atoms with Crippen molar-refractivity contribution in [1.82, 2.24) is 9.91 Å². The second-order valence-corrected chi connectivity index (χ2v) is 9.75. The first kappa shape index (κ1) is 22.9. The summed E-state index contributed by atoms with van der Waals surface area (Å²) in [4.78, 5) is 24.9. The van der Waals surface area contributed by atoms with E-state index in [-0.39, 0.29) is 48.1 Å². The van der Waals surface area contributed by atoms with Crippen molar-refractivity contribution in [2.45, 2.75) is 70.5 Å². The molecule has 0 spiro atoms. The van der Waals surface area contributed by atoms with Gasteiger partial charge in [-0.2, -0.15) is 10.4 Å². The number of carbonyl (C=O) groups is 1. The van der Waals surface area contributed by atoms with Gasteiger partial charge in [-0.25, -0.2) is 0 Å². The minimum absolute atomic E-state index is 0.0796. The number of nitrogens with zero attached hydrogens (tertiary/aromatic N) is 6. The summed E-state index contributed by atoms with van der Waals surface area (Å²) in [7, 11) is 1.70. The highest BCUT2D eigenvalue weighted by molar-refractivity contribution is 6.12. The molecule has 4 rings (SSSR count). The molecule has 174 valence electrons. The zero-order valence-electron chi connectivity index (χ0n) is 19.6. The van der Waals surface area contributed by atoms with E-state index in [9.17, 15) is 10.1 Å². The second-order valence-electron chi connectivity index (χ2n) is 9.75. The summed E-state index contributed by atoms with van der Waals surface area (Å²) >= 11 is 0. The quantitative estimate of drug-likeness (QED) is 0.623. The van der Waals surface area contributed by atoms with Gasteiger partial charge in [-0.15, -0.1) is 0 Å². The molecule has 7 unspecified atom stereocenters. The van der Waals surface area contributed by atoms with Crippen LogP contribution in [0, 0.1) is 29.1 Å². The SMILES string of the molecule is CCOC1N=CC(C2CC(C)C3C(=O)N(C4C=NN(C(C)(C)C#N)C4)CC3=N2)CC1OC. The molecule has 0 aromatic carbocycles. The number of hydrazone groups is 1. The fraction of sp³-hybridized carbons (Fsp3) is 0.783. The van der Waals surface area contributed by atoms with Crippen LogP contribution in [0.4, 0.5) is 0 Å². The van der Waals surface area contributed by atoms with Crippen LogP contribution < -0.4 is 0 Å². The third kappa shape index (κ3) is 4.06. The number of nitriles is 1. The Morgan fingerprint density at radius 3 is 2.78 bits per heavy atom. The molecule has 1 fully saturated rings. The van der Waals surface area contributed by atoms with Crippen LogP contribution in [0.15, 0.2) is 15.1 Å². The van der Waals surface area contributed by atoms with Gasteiger partial charge in [0.05, 0.1) is 37.2 Å². The first-order chi connectivity index (χ1) is 15.3. The average Bonchev–Trinajstić information content (AvgIpc) is 3.39. The van der Waals surface area contributed by atoms with Gasteiger partial charge in [-0.1, -0.05) is 6.92 Å². The van der Waals surface area contributed by atoms with Crippen LogP contribution in [0.25, 0.3) is 0 Å². The summed E-state index contributed by atoms with van der Waals surface area (Å²) in [6, 6.07) is 2.24. The number of aliphatic imine (C=N–C) groups is 2. The molecular weight excluding hydrogens is 408 g/mol. The molecule has 9 heteroatoms. The molecule has 32 heavy (non-hydrogen) atoms. The summed E-state index contributed by atoms with van der Waals surface area (Å²) in [5.74, 6) is 0.365. The van der Waals surface area contributed by atoms with Gasteiger partial charge in [0.15, 0.2) is 6.23 Å². The van der Waals surface area contributed by atoms with Crippen molar-refractivity contribution in [3.63, 3.8) is 0 Å². The third-order valence-corrected chi connectivity index (χ3v) is 7.19. The van der Waals surface area contributed by atoms with E-state index in [1.54, 1.807) is 18.3 Å². The smallest absolute Gasteiger partial charge is 0.232 e. The molecule has 4 heterocycles.